The summed E-state index contributed by atoms with van der Waals surface area (Å²) in [4.78, 5) is 3.62. The summed E-state index contributed by atoms with van der Waals surface area (Å²) in [7, 11) is 1.78. The highest BCUT2D eigenvalue weighted by molar-refractivity contribution is 5.29. The van der Waals surface area contributed by atoms with Crippen molar-refractivity contribution in [1.29, 1.82) is 0 Å². The van der Waals surface area contributed by atoms with E-state index in [1.165, 1.54) is 0 Å². The maximum Gasteiger partial charge on any atom is 0.124 e. The van der Waals surface area contributed by atoms with Crippen LogP contribution in [0.15, 0.2) is 29.5 Å². The second-order valence-corrected chi connectivity index (χ2v) is 1.20. The minimum atomic E-state index is 0.736. The lowest BCUT2D eigenvalue weighted by atomic mass is 10.5. The lowest BCUT2D eigenvalue weighted by molar-refractivity contribution is 0.971. The van der Waals surface area contributed by atoms with Gasteiger partial charge in [-0.25, -0.2) is 4.99 Å². The first kappa shape index (κ1) is 11.7. The summed E-state index contributed by atoms with van der Waals surface area (Å²) >= 11 is 0. The highest BCUT2D eigenvalue weighted by Crippen LogP contribution is 1.85. The van der Waals surface area contributed by atoms with Crippen LogP contribution in [0, 0.1) is 0 Å². The SMILES string of the molecule is C=C/C=C(\N=C)NC.CC. The molecule has 0 aromatic heterocycles. The van der Waals surface area contributed by atoms with Gasteiger partial charge in [0.1, 0.15) is 5.82 Å². The fraction of sp³-hybridized carbons (Fsp3) is 0.375. The van der Waals surface area contributed by atoms with Crippen LogP contribution in [-0.2, 0) is 0 Å². The van der Waals surface area contributed by atoms with Crippen molar-refractivity contribution in [2.45, 2.75) is 13.8 Å². The molecule has 0 spiro atoms. The predicted octanol–water partition coefficient (Wildman–Crippen LogP) is 1.96. The third-order valence-corrected chi connectivity index (χ3v) is 0.702. The van der Waals surface area contributed by atoms with Gasteiger partial charge in [-0.1, -0.05) is 26.5 Å². The largest absolute Gasteiger partial charge is 0.373 e. The zero-order valence-corrected chi connectivity index (χ0v) is 7.02. The number of nitrogens with zero attached hydrogens (tertiary/aromatic N) is 1. The Labute approximate surface area is 63.4 Å². The number of hydrogen-bond acceptors (Lipinski definition) is 2. The third-order valence-electron chi connectivity index (χ3n) is 0.702. The molecule has 58 valence electrons. The van der Waals surface area contributed by atoms with Crippen LogP contribution in [0.25, 0.3) is 0 Å². The number of nitrogens with one attached hydrogen (secondary N) is 1. The number of rotatable bonds is 3. The van der Waals surface area contributed by atoms with Gasteiger partial charge >= 0.3 is 0 Å². The van der Waals surface area contributed by atoms with Gasteiger partial charge < -0.3 is 5.32 Å². The Balaban J connectivity index is 0. The summed E-state index contributed by atoms with van der Waals surface area (Å²) in [6, 6.07) is 0. The molecule has 0 aromatic carbocycles. The van der Waals surface area contributed by atoms with Crippen molar-refractivity contribution < 1.29 is 0 Å². The van der Waals surface area contributed by atoms with Gasteiger partial charge in [-0.3, -0.25) is 0 Å². The average Bonchev–Trinajstić information content (AvgIpc) is 2.04. The Bertz CT molecular complexity index is 114. The lowest BCUT2D eigenvalue weighted by Crippen LogP contribution is -2.01. The molecule has 0 fully saturated rings. The minimum absolute atomic E-state index is 0.736. The molecule has 0 aliphatic rings. The van der Waals surface area contributed by atoms with Gasteiger partial charge in [-0.05, 0) is 12.8 Å². The van der Waals surface area contributed by atoms with E-state index < -0.39 is 0 Å². The molecular formula is C8H16N2. The Morgan fingerprint density at radius 2 is 2.00 bits per heavy atom. The van der Waals surface area contributed by atoms with Crippen LogP contribution in [0.4, 0.5) is 0 Å². The molecule has 0 heterocycles. The van der Waals surface area contributed by atoms with Crippen LogP contribution in [0.5, 0.6) is 0 Å². The van der Waals surface area contributed by atoms with Gasteiger partial charge in [-0.2, -0.15) is 0 Å². The number of hydrogen-bond donors (Lipinski definition) is 1. The lowest BCUT2D eigenvalue weighted by Gasteiger charge is -1.93. The molecule has 2 nitrogen and oxygen atoms in total. The van der Waals surface area contributed by atoms with E-state index in [4.69, 9.17) is 0 Å². The van der Waals surface area contributed by atoms with Gasteiger partial charge in [0, 0.05) is 7.05 Å². The summed E-state index contributed by atoms with van der Waals surface area (Å²) in [6.07, 6.45) is 3.40. The molecular weight excluding hydrogens is 124 g/mol. The molecule has 0 atom stereocenters. The maximum atomic E-state index is 3.62. The summed E-state index contributed by atoms with van der Waals surface area (Å²) in [6.45, 7) is 10.8. The van der Waals surface area contributed by atoms with E-state index >= 15 is 0 Å². The van der Waals surface area contributed by atoms with Crippen LogP contribution in [0.2, 0.25) is 0 Å². The molecule has 0 saturated heterocycles. The Morgan fingerprint density at radius 3 is 2.10 bits per heavy atom. The van der Waals surface area contributed by atoms with E-state index in [0.717, 1.165) is 5.82 Å². The van der Waals surface area contributed by atoms with Crippen molar-refractivity contribution >= 4 is 6.72 Å². The van der Waals surface area contributed by atoms with Gasteiger partial charge in [0.15, 0.2) is 0 Å². The van der Waals surface area contributed by atoms with E-state index in [-0.39, 0.29) is 0 Å². The van der Waals surface area contributed by atoms with Crippen LogP contribution >= 0.6 is 0 Å². The first-order valence-corrected chi connectivity index (χ1v) is 3.32. The second-order valence-electron chi connectivity index (χ2n) is 1.20. The molecule has 0 radical (unpaired) electrons. The molecule has 0 rings (SSSR count). The highest BCUT2D eigenvalue weighted by atomic mass is 15.0. The summed E-state index contributed by atoms with van der Waals surface area (Å²) in [5, 5.41) is 2.81. The van der Waals surface area contributed by atoms with Gasteiger partial charge in [0.2, 0.25) is 0 Å². The van der Waals surface area contributed by atoms with E-state index in [0.29, 0.717) is 0 Å². The summed E-state index contributed by atoms with van der Waals surface area (Å²) < 4.78 is 0. The normalized spacial score (nSPS) is 8.90. The maximum absolute atomic E-state index is 3.62. The van der Waals surface area contributed by atoms with Crippen molar-refractivity contribution in [3.05, 3.63) is 24.6 Å². The fourth-order valence-electron chi connectivity index (χ4n) is 0.327. The smallest absolute Gasteiger partial charge is 0.124 e. The molecule has 0 amide bonds. The monoisotopic (exact) mass is 140 g/mol. The van der Waals surface area contributed by atoms with Crippen molar-refractivity contribution in [3.8, 4) is 0 Å². The van der Waals surface area contributed by atoms with E-state index in [1.54, 1.807) is 19.2 Å². The standard InChI is InChI=1S/C6H10N2.C2H6/c1-4-5-6(7-2)8-3;1-2/h4-5,8H,1-2H2,3H3;1-2H3/b6-5+;. The van der Waals surface area contributed by atoms with E-state index in [2.05, 4.69) is 23.6 Å². The first-order valence-electron chi connectivity index (χ1n) is 3.32. The van der Waals surface area contributed by atoms with Crippen LogP contribution < -0.4 is 5.32 Å². The van der Waals surface area contributed by atoms with Gasteiger partial charge in [0.25, 0.3) is 0 Å². The van der Waals surface area contributed by atoms with Crippen molar-refractivity contribution in [1.82, 2.24) is 5.32 Å². The summed E-state index contributed by atoms with van der Waals surface area (Å²) in [5.74, 6) is 0.736. The number of aliphatic imine (C=N–C) groups is 1. The zero-order valence-electron chi connectivity index (χ0n) is 7.02. The molecule has 0 saturated carbocycles. The van der Waals surface area contributed by atoms with Crippen LogP contribution in [0.1, 0.15) is 13.8 Å². The van der Waals surface area contributed by atoms with E-state index in [9.17, 15) is 0 Å². The number of allylic oxidation sites excluding steroid dienone is 2. The van der Waals surface area contributed by atoms with Gasteiger partial charge in [0.05, 0.1) is 0 Å². The Hall–Kier alpha value is -1.05. The summed E-state index contributed by atoms with van der Waals surface area (Å²) in [5.41, 5.74) is 0. The Morgan fingerprint density at radius 1 is 1.50 bits per heavy atom. The topological polar surface area (TPSA) is 24.4 Å². The molecule has 0 aromatic rings. The van der Waals surface area contributed by atoms with E-state index in [1.807, 2.05) is 13.8 Å². The van der Waals surface area contributed by atoms with Crippen molar-refractivity contribution in [2.75, 3.05) is 7.05 Å². The third kappa shape index (κ3) is 6.95. The second kappa shape index (κ2) is 10.8. The quantitative estimate of drug-likeness (QED) is 0.470. The van der Waals surface area contributed by atoms with Crippen molar-refractivity contribution in [3.63, 3.8) is 0 Å². The molecule has 2 heteroatoms. The molecule has 0 aliphatic heterocycles. The Kier molecular flexibility index (Phi) is 12.7. The molecule has 0 aliphatic carbocycles. The highest BCUT2D eigenvalue weighted by Gasteiger charge is 1.77. The van der Waals surface area contributed by atoms with Gasteiger partial charge in [-0.15, -0.1) is 0 Å². The van der Waals surface area contributed by atoms with Crippen molar-refractivity contribution in [2.24, 2.45) is 4.99 Å². The average molecular weight is 140 g/mol. The first-order chi connectivity index (χ1) is 4.85. The molecule has 10 heavy (non-hydrogen) atoms. The fourth-order valence-corrected chi connectivity index (χ4v) is 0.327. The minimum Gasteiger partial charge on any atom is -0.373 e. The zero-order chi connectivity index (χ0) is 8.41. The molecule has 0 bridgehead atoms. The van der Waals surface area contributed by atoms with Crippen LogP contribution in [-0.4, -0.2) is 13.8 Å². The molecule has 0 unspecified atom stereocenters. The predicted molar refractivity (Wildman–Crippen MR) is 48.2 cm³/mol. The van der Waals surface area contributed by atoms with Crippen LogP contribution in [0.3, 0.4) is 0 Å². The molecule has 1 N–H and O–H groups in total.